The van der Waals surface area contributed by atoms with Crippen LogP contribution in [-0.2, 0) is 31.2 Å². The average molecular weight is 927 g/mol. The van der Waals surface area contributed by atoms with E-state index in [-0.39, 0.29) is 17.5 Å². The largest absolute Gasteiger partial charge is 0.368 e. The Hall–Kier alpha value is -5.57. The minimum absolute atomic E-state index is 0.00527. The van der Waals surface area contributed by atoms with Gasteiger partial charge in [0, 0.05) is 131 Å². The van der Waals surface area contributed by atoms with Crippen LogP contribution in [0.15, 0.2) is 54.9 Å². The summed E-state index contributed by atoms with van der Waals surface area (Å²) < 4.78 is 33.6. The lowest BCUT2D eigenvalue weighted by Crippen LogP contribution is -2.51. The maximum Gasteiger partial charge on any atom is 0.264 e. The van der Waals surface area contributed by atoms with Crippen molar-refractivity contribution >= 4 is 34.7 Å². The van der Waals surface area contributed by atoms with Crippen LogP contribution in [0.5, 0.6) is 0 Å². The van der Waals surface area contributed by atoms with Crippen molar-refractivity contribution in [1.29, 1.82) is 0 Å². The molecule has 6 aliphatic heterocycles. The predicted octanol–water partition coefficient (Wildman–Crippen LogP) is 8.81. The normalized spacial score (nSPS) is 22.4. The van der Waals surface area contributed by atoms with E-state index in [4.69, 9.17) is 15.3 Å². The molecule has 3 aromatic heterocycles. The second-order valence-corrected chi connectivity index (χ2v) is 21.1. The van der Waals surface area contributed by atoms with Gasteiger partial charge in [0.2, 0.25) is 5.91 Å². The van der Waals surface area contributed by atoms with Crippen molar-refractivity contribution in [2.24, 2.45) is 12.5 Å². The lowest BCUT2D eigenvalue weighted by molar-refractivity contribution is -0.129. The van der Waals surface area contributed by atoms with Gasteiger partial charge in [-0.15, -0.1) is 10.2 Å². The number of halogens is 2. The number of aryl methyl sites for hydroxylation is 4. The van der Waals surface area contributed by atoms with Crippen molar-refractivity contribution in [3.8, 4) is 11.1 Å². The quantitative estimate of drug-likeness (QED) is 0.150. The lowest BCUT2D eigenvalue weighted by atomic mass is 9.77. The average Bonchev–Trinajstić information content (AvgIpc) is 4.06. The van der Waals surface area contributed by atoms with Crippen molar-refractivity contribution in [2.45, 2.75) is 123 Å². The highest BCUT2D eigenvalue weighted by Crippen LogP contribution is 2.47. The molecule has 0 aliphatic carbocycles. The van der Waals surface area contributed by atoms with Crippen LogP contribution < -0.4 is 19.6 Å². The Kier molecular flexibility index (Phi) is 11.9. The zero-order chi connectivity index (χ0) is 46.8. The first-order chi connectivity index (χ1) is 32.9. The molecule has 4 saturated heterocycles. The van der Waals surface area contributed by atoms with Gasteiger partial charge in [0.05, 0.1) is 18.8 Å². The Labute approximate surface area is 400 Å². The number of benzene rings is 2. The third-order valence-corrected chi connectivity index (χ3v) is 16.8. The number of aromatic nitrogens is 6. The molecule has 0 unspecified atom stereocenters. The van der Waals surface area contributed by atoms with E-state index in [1.807, 2.05) is 11.0 Å². The number of likely N-dealkylation sites (tertiary alicyclic amines) is 1. The summed E-state index contributed by atoms with van der Waals surface area (Å²) in [5, 5.41) is 19.4. The van der Waals surface area contributed by atoms with E-state index in [0.29, 0.717) is 48.3 Å². The third kappa shape index (κ3) is 8.40. The standard InChI is InChI=1S/C53H68F2N12O/c1-35-10-11-42(26-36(35)2)66-34-53(29-37(66)3)17-24-62(25-18-53)49-12-13-50(58-57-49)64-19-7-9-43(32-64)61-21-14-41(15-22-61)67-47-16-23-63(38(4)68)33-46(47)52(59-67)65-20-6-8-39-27-44(40-30-56-60(5)31-40)45(51(54)55)28-48(39)65/h10-13,26-28,30-31,37,41,43,51H,6-9,14-25,29,32-34H2,1-5H3/t37-,43-/m0/s1. The van der Waals surface area contributed by atoms with E-state index in [9.17, 15) is 13.6 Å². The third-order valence-electron chi connectivity index (χ3n) is 16.8. The molecule has 13 nitrogen and oxygen atoms in total. The summed E-state index contributed by atoms with van der Waals surface area (Å²) in [6.07, 6.45) is 11.1. The number of carbonyl (C=O) groups excluding carboxylic acids is 1. The van der Waals surface area contributed by atoms with Crippen LogP contribution in [0.4, 0.5) is 37.6 Å². The fourth-order valence-electron chi connectivity index (χ4n) is 12.8. The molecule has 2 aromatic carbocycles. The van der Waals surface area contributed by atoms with Crippen LogP contribution in [-0.4, -0.2) is 116 Å². The van der Waals surface area contributed by atoms with Crippen molar-refractivity contribution < 1.29 is 13.6 Å². The van der Waals surface area contributed by atoms with E-state index in [1.165, 1.54) is 48.2 Å². The van der Waals surface area contributed by atoms with E-state index in [1.54, 1.807) is 37.1 Å². The molecular weight excluding hydrogens is 859 g/mol. The molecule has 4 fully saturated rings. The summed E-state index contributed by atoms with van der Waals surface area (Å²) in [6.45, 7) is 17.3. The summed E-state index contributed by atoms with van der Waals surface area (Å²) in [4.78, 5) is 27.0. The topological polar surface area (TPSA) is 97.9 Å². The molecule has 360 valence electrons. The van der Waals surface area contributed by atoms with Gasteiger partial charge in [0.25, 0.3) is 6.43 Å². The number of amides is 1. The number of fused-ring (bicyclic) bond motifs is 2. The van der Waals surface area contributed by atoms with Crippen LogP contribution in [0.25, 0.3) is 11.1 Å². The van der Waals surface area contributed by atoms with Crippen molar-refractivity contribution in [3.05, 3.63) is 88.4 Å². The van der Waals surface area contributed by atoms with Gasteiger partial charge >= 0.3 is 0 Å². The number of nitrogens with zero attached hydrogens (tertiary/aromatic N) is 12. The maximum atomic E-state index is 14.8. The molecule has 0 bridgehead atoms. The minimum atomic E-state index is -2.64. The fourth-order valence-corrected chi connectivity index (χ4v) is 12.8. The number of hydrogen-bond acceptors (Lipinski definition) is 10. The fraction of sp³-hybridized carbons (Fsp3) is 0.566. The number of alkyl halides is 2. The molecule has 1 amide bonds. The summed E-state index contributed by atoms with van der Waals surface area (Å²) in [6, 6.07) is 16.2. The van der Waals surface area contributed by atoms with E-state index in [2.05, 4.69) is 85.4 Å². The van der Waals surface area contributed by atoms with Crippen molar-refractivity contribution in [3.63, 3.8) is 0 Å². The highest BCUT2D eigenvalue weighted by molar-refractivity contribution is 5.78. The van der Waals surface area contributed by atoms with Gasteiger partial charge in [0.15, 0.2) is 17.5 Å². The van der Waals surface area contributed by atoms with Crippen LogP contribution in [0, 0.1) is 19.3 Å². The molecule has 68 heavy (non-hydrogen) atoms. The summed E-state index contributed by atoms with van der Waals surface area (Å²) in [5.74, 6) is 2.82. The number of piperidine rings is 3. The number of anilines is 5. The molecule has 5 aromatic rings. The van der Waals surface area contributed by atoms with Crippen LogP contribution in [0.1, 0.15) is 111 Å². The predicted molar refractivity (Wildman–Crippen MR) is 264 cm³/mol. The zero-order valence-electron chi connectivity index (χ0n) is 40.7. The monoisotopic (exact) mass is 927 g/mol. The smallest absolute Gasteiger partial charge is 0.264 e. The molecular formula is C53H68F2N12O. The van der Waals surface area contributed by atoms with Crippen molar-refractivity contribution in [1.82, 2.24) is 39.6 Å². The number of carbonyl (C=O) groups is 1. The van der Waals surface area contributed by atoms with Gasteiger partial charge < -0.3 is 24.5 Å². The molecule has 11 rings (SSSR count). The molecule has 0 N–H and O–H groups in total. The second kappa shape index (κ2) is 18.1. The number of rotatable bonds is 8. The SMILES string of the molecule is CC(=O)N1CCc2c(c(N3CCCc4cc(-c5cnn(C)c5)c(C(F)F)cc43)nn2C2CCN([C@H]3CCCN(c4ccc(N5CCC6(CC5)C[C@H](C)N(c5ccc(C)c(C)c5)C6)nn4)C3)CC2)C1. The Morgan fingerprint density at radius 2 is 1.62 bits per heavy atom. The van der Waals surface area contributed by atoms with Gasteiger partial charge in [-0.3, -0.25) is 19.1 Å². The first kappa shape index (κ1) is 44.9. The molecule has 2 atom stereocenters. The Balaban J connectivity index is 0.745. The van der Waals surface area contributed by atoms with Gasteiger partial charge in [-0.05, 0) is 143 Å². The first-order valence-corrected chi connectivity index (χ1v) is 25.4. The Bertz CT molecular complexity index is 2640. The van der Waals surface area contributed by atoms with Gasteiger partial charge in [-0.2, -0.15) is 10.2 Å². The lowest BCUT2D eigenvalue weighted by Gasteiger charge is -2.43. The molecule has 15 heteroatoms. The highest BCUT2D eigenvalue weighted by Gasteiger charge is 2.44. The summed E-state index contributed by atoms with van der Waals surface area (Å²) in [7, 11) is 1.80. The van der Waals surface area contributed by atoms with E-state index < -0.39 is 6.43 Å². The van der Waals surface area contributed by atoms with Gasteiger partial charge in [0.1, 0.15) is 0 Å². The minimum Gasteiger partial charge on any atom is -0.368 e. The van der Waals surface area contributed by atoms with Gasteiger partial charge in [-0.1, -0.05) is 6.07 Å². The zero-order valence-corrected chi connectivity index (χ0v) is 40.7. The summed E-state index contributed by atoms with van der Waals surface area (Å²) >= 11 is 0. The van der Waals surface area contributed by atoms with Crippen LogP contribution in [0.2, 0.25) is 0 Å². The molecule has 0 saturated carbocycles. The first-order valence-electron chi connectivity index (χ1n) is 25.4. The van der Waals surface area contributed by atoms with Crippen molar-refractivity contribution in [2.75, 3.05) is 78.5 Å². The van der Waals surface area contributed by atoms with Crippen LogP contribution >= 0.6 is 0 Å². The molecule has 9 heterocycles. The molecule has 1 spiro atoms. The highest BCUT2D eigenvalue weighted by atomic mass is 19.3. The maximum absolute atomic E-state index is 14.8. The molecule has 0 radical (unpaired) electrons. The second-order valence-electron chi connectivity index (χ2n) is 21.1. The summed E-state index contributed by atoms with van der Waals surface area (Å²) in [5.41, 5.74) is 9.75. The Morgan fingerprint density at radius 1 is 0.838 bits per heavy atom. The Morgan fingerprint density at radius 3 is 2.32 bits per heavy atom. The van der Waals surface area contributed by atoms with Crippen LogP contribution in [0.3, 0.4) is 0 Å². The molecule has 6 aliphatic rings. The van der Waals surface area contributed by atoms with E-state index >= 15 is 0 Å². The number of hydrogen-bond donors (Lipinski definition) is 0. The van der Waals surface area contributed by atoms with E-state index in [0.717, 1.165) is 119 Å². The van der Waals surface area contributed by atoms with Gasteiger partial charge in [-0.25, -0.2) is 8.78 Å².